The first-order valence-electron chi connectivity index (χ1n) is 7.14. The van der Waals surface area contributed by atoms with Gasteiger partial charge in [0.1, 0.15) is 0 Å². The number of rotatable bonds is 4. The first-order chi connectivity index (χ1) is 9.12. The molecule has 1 fully saturated rings. The number of carbonyl (C=O) groups is 1. The van der Waals surface area contributed by atoms with Gasteiger partial charge >= 0.3 is 0 Å². The van der Waals surface area contributed by atoms with E-state index in [1.165, 1.54) is 24.8 Å². The SMILES string of the molecule is CN(C)CC(=O)NC1(c2ccccc2)CCCCC1. The first kappa shape index (κ1) is 14.1. The van der Waals surface area contributed by atoms with Crippen LogP contribution in [0.4, 0.5) is 0 Å². The average molecular weight is 260 g/mol. The van der Waals surface area contributed by atoms with Gasteiger partial charge in [-0.25, -0.2) is 0 Å². The van der Waals surface area contributed by atoms with Crippen molar-refractivity contribution in [1.29, 1.82) is 0 Å². The third-order valence-corrected chi connectivity index (χ3v) is 3.87. The molecule has 1 amide bonds. The predicted octanol–water partition coefficient (Wildman–Crippen LogP) is 2.52. The van der Waals surface area contributed by atoms with E-state index in [0.717, 1.165) is 12.8 Å². The van der Waals surface area contributed by atoms with Crippen molar-refractivity contribution in [3.63, 3.8) is 0 Å². The van der Waals surface area contributed by atoms with Crippen LogP contribution in [0.1, 0.15) is 37.7 Å². The molecule has 1 aromatic carbocycles. The van der Waals surface area contributed by atoms with Crippen LogP contribution in [-0.2, 0) is 10.3 Å². The highest BCUT2D eigenvalue weighted by atomic mass is 16.2. The molecular formula is C16H24N2O. The van der Waals surface area contributed by atoms with Gasteiger partial charge in [0.2, 0.25) is 5.91 Å². The lowest BCUT2D eigenvalue weighted by molar-refractivity contribution is -0.124. The van der Waals surface area contributed by atoms with Gasteiger partial charge in [0, 0.05) is 0 Å². The average Bonchev–Trinajstić information content (AvgIpc) is 2.40. The van der Waals surface area contributed by atoms with Crippen LogP contribution in [0.5, 0.6) is 0 Å². The van der Waals surface area contributed by atoms with Crippen LogP contribution < -0.4 is 5.32 Å². The molecular weight excluding hydrogens is 236 g/mol. The van der Waals surface area contributed by atoms with E-state index in [9.17, 15) is 4.79 Å². The van der Waals surface area contributed by atoms with Crippen LogP contribution in [-0.4, -0.2) is 31.4 Å². The molecule has 3 nitrogen and oxygen atoms in total. The Balaban J connectivity index is 2.18. The zero-order valence-electron chi connectivity index (χ0n) is 12.0. The fraction of sp³-hybridized carbons (Fsp3) is 0.562. The number of carbonyl (C=O) groups excluding carboxylic acids is 1. The summed E-state index contributed by atoms with van der Waals surface area (Å²) in [5, 5.41) is 3.30. The van der Waals surface area contributed by atoms with Crippen LogP contribution >= 0.6 is 0 Å². The van der Waals surface area contributed by atoms with Crippen molar-refractivity contribution in [2.45, 2.75) is 37.6 Å². The van der Waals surface area contributed by atoms with Crippen LogP contribution in [0.3, 0.4) is 0 Å². The summed E-state index contributed by atoms with van der Waals surface area (Å²) in [7, 11) is 3.85. The van der Waals surface area contributed by atoms with Gasteiger partial charge in [-0.15, -0.1) is 0 Å². The Labute approximate surface area is 116 Å². The van der Waals surface area contributed by atoms with Crippen molar-refractivity contribution in [1.82, 2.24) is 10.2 Å². The first-order valence-corrected chi connectivity index (χ1v) is 7.14. The maximum atomic E-state index is 12.1. The summed E-state index contributed by atoms with van der Waals surface area (Å²) < 4.78 is 0. The Kier molecular flexibility index (Phi) is 4.59. The van der Waals surface area contributed by atoms with E-state index in [4.69, 9.17) is 0 Å². The van der Waals surface area contributed by atoms with E-state index in [-0.39, 0.29) is 11.4 Å². The number of amides is 1. The smallest absolute Gasteiger partial charge is 0.234 e. The van der Waals surface area contributed by atoms with Crippen molar-refractivity contribution >= 4 is 5.91 Å². The third kappa shape index (κ3) is 3.57. The molecule has 1 N–H and O–H groups in total. The molecule has 1 aliphatic rings. The van der Waals surface area contributed by atoms with Crippen LogP contribution in [0.25, 0.3) is 0 Å². The monoisotopic (exact) mass is 260 g/mol. The van der Waals surface area contributed by atoms with Gasteiger partial charge in [-0.05, 0) is 32.5 Å². The summed E-state index contributed by atoms with van der Waals surface area (Å²) in [5.74, 6) is 0.121. The molecule has 2 rings (SSSR count). The van der Waals surface area contributed by atoms with Crippen LogP contribution in [0.2, 0.25) is 0 Å². The van der Waals surface area contributed by atoms with Crippen molar-refractivity contribution < 1.29 is 4.79 Å². The highest BCUT2D eigenvalue weighted by molar-refractivity contribution is 5.79. The second kappa shape index (κ2) is 6.20. The minimum absolute atomic E-state index is 0.121. The molecule has 0 atom stereocenters. The zero-order chi connectivity index (χ0) is 13.7. The fourth-order valence-corrected chi connectivity index (χ4v) is 2.99. The van der Waals surface area contributed by atoms with Gasteiger partial charge < -0.3 is 10.2 Å². The zero-order valence-corrected chi connectivity index (χ0v) is 12.0. The van der Waals surface area contributed by atoms with E-state index >= 15 is 0 Å². The molecule has 0 aliphatic heterocycles. The summed E-state index contributed by atoms with van der Waals surface area (Å²) in [4.78, 5) is 14.1. The molecule has 0 radical (unpaired) electrons. The minimum Gasteiger partial charge on any atom is -0.345 e. The largest absolute Gasteiger partial charge is 0.345 e. The number of benzene rings is 1. The maximum absolute atomic E-state index is 12.1. The summed E-state index contributed by atoms with van der Waals surface area (Å²) in [6.45, 7) is 0.453. The standard InChI is InChI=1S/C16H24N2O/c1-18(2)13-15(19)17-16(11-7-4-8-12-16)14-9-5-3-6-10-14/h3,5-6,9-10H,4,7-8,11-13H2,1-2H3,(H,17,19). The highest BCUT2D eigenvalue weighted by Gasteiger charge is 2.35. The lowest BCUT2D eigenvalue weighted by Gasteiger charge is -2.39. The lowest BCUT2D eigenvalue weighted by Crippen LogP contribution is -2.49. The Bertz CT molecular complexity index is 408. The Morgan fingerprint density at radius 1 is 1.16 bits per heavy atom. The van der Waals surface area contributed by atoms with Crippen LogP contribution in [0, 0.1) is 0 Å². The van der Waals surface area contributed by atoms with Gasteiger partial charge in [0.25, 0.3) is 0 Å². The normalized spacial score (nSPS) is 18.3. The number of likely N-dealkylation sites (N-methyl/N-ethyl adjacent to an activating group) is 1. The summed E-state index contributed by atoms with van der Waals surface area (Å²) in [5.41, 5.74) is 1.11. The topological polar surface area (TPSA) is 32.3 Å². The molecule has 0 bridgehead atoms. The molecule has 1 saturated carbocycles. The number of nitrogens with one attached hydrogen (secondary N) is 1. The Hall–Kier alpha value is -1.35. The Morgan fingerprint density at radius 2 is 1.79 bits per heavy atom. The molecule has 104 valence electrons. The molecule has 0 aromatic heterocycles. The minimum atomic E-state index is -0.146. The molecule has 0 unspecified atom stereocenters. The van der Waals surface area contributed by atoms with Crippen molar-refractivity contribution in [2.75, 3.05) is 20.6 Å². The predicted molar refractivity (Wildman–Crippen MR) is 77.9 cm³/mol. The van der Waals surface area contributed by atoms with Crippen molar-refractivity contribution in [2.24, 2.45) is 0 Å². The lowest BCUT2D eigenvalue weighted by atomic mass is 9.76. The van der Waals surface area contributed by atoms with Gasteiger partial charge in [-0.3, -0.25) is 4.79 Å². The maximum Gasteiger partial charge on any atom is 0.234 e. The van der Waals surface area contributed by atoms with E-state index in [1.807, 2.05) is 25.1 Å². The van der Waals surface area contributed by atoms with Crippen molar-refractivity contribution in [3.05, 3.63) is 35.9 Å². The highest BCUT2D eigenvalue weighted by Crippen LogP contribution is 2.36. The molecule has 3 heteroatoms. The van der Waals surface area contributed by atoms with E-state index in [2.05, 4.69) is 29.6 Å². The fourth-order valence-electron chi connectivity index (χ4n) is 2.99. The summed E-state index contributed by atoms with van der Waals surface area (Å²) in [6, 6.07) is 10.4. The quantitative estimate of drug-likeness (QED) is 0.902. The van der Waals surface area contributed by atoms with Gasteiger partial charge in [0.05, 0.1) is 12.1 Å². The number of hydrogen-bond donors (Lipinski definition) is 1. The second-order valence-electron chi connectivity index (χ2n) is 5.79. The van der Waals surface area contributed by atoms with Crippen molar-refractivity contribution in [3.8, 4) is 0 Å². The third-order valence-electron chi connectivity index (χ3n) is 3.87. The van der Waals surface area contributed by atoms with E-state index < -0.39 is 0 Å². The van der Waals surface area contributed by atoms with Gasteiger partial charge in [0.15, 0.2) is 0 Å². The molecule has 1 aromatic rings. The second-order valence-corrected chi connectivity index (χ2v) is 5.79. The molecule has 1 aliphatic carbocycles. The molecule has 0 spiro atoms. The van der Waals surface area contributed by atoms with Gasteiger partial charge in [-0.1, -0.05) is 49.6 Å². The van der Waals surface area contributed by atoms with E-state index in [0.29, 0.717) is 6.54 Å². The van der Waals surface area contributed by atoms with Crippen LogP contribution in [0.15, 0.2) is 30.3 Å². The van der Waals surface area contributed by atoms with E-state index in [1.54, 1.807) is 0 Å². The number of hydrogen-bond acceptors (Lipinski definition) is 2. The molecule has 0 heterocycles. The summed E-state index contributed by atoms with van der Waals surface area (Å²) in [6.07, 6.45) is 5.76. The number of nitrogens with zero attached hydrogens (tertiary/aromatic N) is 1. The molecule has 0 saturated heterocycles. The van der Waals surface area contributed by atoms with Gasteiger partial charge in [-0.2, -0.15) is 0 Å². The Morgan fingerprint density at radius 3 is 2.37 bits per heavy atom. The molecule has 19 heavy (non-hydrogen) atoms. The summed E-state index contributed by atoms with van der Waals surface area (Å²) >= 11 is 0.